The molecule has 1 aliphatic rings. The Morgan fingerprint density at radius 1 is 0.758 bits per heavy atom. The van der Waals surface area contributed by atoms with Crippen LogP contribution < -0.4 is 16.0 Å². The Bertz CT molecular complexity index is 1670. The quantitative estimate of drug-likeness (QED) is 0.0302. The lowest BCUT2D eigenvalue weighted by Crippen LogP contribution is -2.58. The molecule has 62 heavy (non-hydrogen) atoms. The van der Waals surface area contributed by atoms with E-state index in [2.05, 4.69) is 26.3 Å². The summed E-state index contributed by atoms with van der Waals surface area (Å²) in [5.41, 5.74) is 1.72. The molecule has 0 radical (unpaired) electrons. The Labute approximate surface area is 356 Å². The van der Waals surface area contributed by atoms with Gasteiger partial charge in [-0.05, 0) is 24.1 Å². The van der Waals surface area contributed by atoms with Crippen molar-refractivity contribution in [2.75, 3.05) is 97.3 Å². The number of carboxylic acids is 4. The number of carbonyl (C=O) groups is 5. The summed E-state index contributed by atoms with van der Waals surface area (Å²) in [7, 11) is 0. The highest BCUT2D eigenvalue weighted by atomic mass is 16.6. The first kappa shape index (κ1) is 51.6. The van der Waals surface area contributed by atoms with Crippen molar-refractivity contribution in [3.63, 3.8) is 0 Å². The van der Waals surface area contributed by atoms with E-state index in [0.717, 1.165) is 5.56 Å². The fourth-order valence-corrected chi connectivity index (χ4v) is 6.21. The number of hydrogen-bond acceptors (Lipinski definition) is 19. The summed E-state index contributed by atoms with van der Waals surface area (Å²) in [5.74, 6) is -4.74. The van der Waals surface area contributed by atoms with Crippen LogP contribution in [0.5, 0.6) is 0 Å². The number of aliphatic hydroxyl groups excluding tert-OH is 4. The van der Waals surface area contributed by atoms with Crippen LogP contribution in [0.4, 0.5) is 5.69 Å². The third-order valence-electron chi connectivity index (χ3n) is 9.23. The van der Waals surface area contributed by atoms with Crippen molar-refractivity contribution < 1.29 is 83.8 Å². The molecule has 6 atom stereocenters. The molecule has 348 valence electrons. The normalized spacial score (nSPS) is 19.4. The van der Waals surface area contributed by atoms with Crippen molar-refractivity contribution >= 4 is 35.5 Å². The van der Waals surface area contributed by atoms with Gasteiger partial charge < -0.3 is 75.8 Å². The molecule has 3 rings (SSSR count). The van der Waals surface area contributed by atoms with E-state index in [1.54, 1.807) is 40.3 Å². The molecule has 2 aromatic rings. The Morgan fingerprint density at radius 2 is 1.37 bits per heavy atom. The van der Waals surface area contributed by atoms with Gasteiger partial charge in [0, 0.05) is 44.5 Å². The standard InChI is InChI=1S/C37H58N8O17/c46-29(5-10-59-11-12-60-13-14-61-23-26-18-45(42-41-26)20-28-34(55)35(56)36(57)37(58)62-28)40-25-3-1-24(2-4-25)15-27(44(22-33(53)54)9-7-39-17-31(49)50)19-43(21-32(51)52)8-6-38-16-30(47)48/h1-4,18,27-28,34-39,55-58H,5-17,19-23H2,(H,40,46)(H,47,48)(H,49,50)(H,51,52)(H,53,54)/t27?,28-,34+,35-,36-,37+/m0/s1. The highest BCUT2D eigenvalue weighted by molar-refractivity contribution is 5.90. The molecule has 1 aromatic carbocycles. The molecule has 1 amide bonds. The highest BCUT2D eigenvalue weighted by Crippen LogP contribution is 2.21. The predicted molar refractivity (Wildman–Crippen MR) is 212 cm³/mol. The summed E-state index contributed by atoms with van der Waals surface area (Å²) < 4.78 is 23.0. The first-order valence-corrected chi connectivity index (χ1v) is 19.7. The molecule has 0 bridgehead atoms. The number of amides is 1. The van der Waals surface area contributed by atoms with E-state index in [4.69, 9.17) is 29.2 Å². The van der Waals surface area contributed by atoms with Gasteiger partial charge in [-0.15, -0.1) is 5.10 Å². The fourth-order valence-electron chi connectivity index (χ4n) is 6.21. The first-order chi connectivity index (χ1) is 29.6. The third kappa shape index (κ3) is 20.4. The van der Waals surface area contributed by atoms with Gasteiger partial charge in [0.15, 0.2) is 6.29 Å². The Hall–Kier alpha value is -4.77. The maximum Gasteiger partial charge on any atom is 0.317 e. The van der Waals surface area contributed by atoms with Crippen LogP contribution in [0, 0.1) is 0 Å². The van der Waals surface area contributed by atoms with Gasteiger partial charge in [0.05, 0.1) is 85.0 Å². The molecule has 11 N–H and O–H groups in total. The van der Waals surface area contributed by atoms with E-state index < -0.39 is 73.7 Å². The van der Waals surface area contributed by atoms with Crippen molar-refractivity contribution in [1.82, 2.24) is 35.4 Å². The van der Waals surface area contributed by atoms with Crippen molar-refractivity contribution in [2.45, 2.75) is 62.7 Å². The minimum Gasteiger partial charge on any atom is -0.480 e. The average Bonchev–Trinajstić information content (AvgIpc) is 3.66. The van der Waals surface area contributed by atoms with Crippen molar-refractivity contribution in [3.05, 3.63) is 41.7 Å². The zero-order chi connectivity index (χ0) is 45.4. The number of carboxylic acid groups (broad SMARTS) is 4. The number of ether oxygens (including phenoxy) is 4. The molecule has 1 saturated heterocycles. The monoisotopic (exact) mass is 886 g/mol. The van der Waals surface area contributed by atoms with Crippen LogP contribution in [-0.2, 0) is 62.5 Å². The number of hydrogen-bond donors (Lipinski definition) is 11. The van der Waals surface area contributed by atoms with Gasteiger partial charge in [-0.25, -0.2) is 4.68 Å². The third-order valence-corrected chi connectivity index (χ3v) is 9.23. The fraction of sp³-hybridized carbons (Fsp3) is 0.649. The zero-order valence-electron chi connectivity index (χ0n) is 34.1. The average molecular weight is 887 g/mol. The van der Waals surface area contributed by atoms with E-state index in [-0.39, 0.29) is 111 Å². The van der Waals surface area contributed by atoms with Gasteiger partial charge in [-0.2, -0.15) is 0 Å². The number of aromatic nitrogens is 3. The Morgan fingerprint density at radius 3 is 2.00 bits per heavy atom. The lowest BCUT2D eigenvalue weighted by Gasteiger charge is -2.38. The van der Waals surface area contributed by atoms with Gasteiger partial charge >= 0.3 is 23.9 Å². The lowest BCUT2D eigenvalue weighted by atomic mass is 9.99. The molecular weight excluding hydrogens is 828 g/mol. The van der Waals surface area contributed by atoms with E-state index in [1.807, 2.05) is 0 Å². The van der Waals surface area contributed by atoms with Crippen LogP contribution in [0.15, 0.2) is 30.5 Å². The number of aliphatic hydroxyl groups is 4. The largest absolute Gasteiger partial charge is 0.480 e. The van der Waals surface area contributed by atoms with Crippen LogP contribution in [-0.4, -0.2) is 224 Å². The molecular formula is C37H58N8O17. The lowest BCUT2D eigenvalue weighted by molar-refractivity contribution is -0.284. The number of rotatable bonds is 33. The summed E-state index contributed by atoms with van der Waals surface area (Å²) in [5, 5.41) is 92.5. The summed E-state index contributed by atoms with van der Waals surface area (Å²) >= 11 is 0. The van der Waals surface area contributed by atoms with E-state index in [9.17, 15) is 54.6 Å². The number of nitrogens with one attached hydrogen (secondary N) is 3. The number of aliphatic carboxylic acids is 4. The van der Waals surface area contributed by atoms with Gasteiger partial charge in [-0.3, -0.25) is 33.8 Å². The molecule has 1 unspecified atom stereocenters. The second-order valence-corrected chi connectivity index (χ2v) is 14.2. The molecule has 1 aliphatic heterocycles. The Kier molecular flexibility index (Phi) is 23.3. The van der Waals surface area contributed by atoms with Crippen molar-refractivity contribution in [2.24, 2.45) is 0 Å². The van der Waals surface area contributed by atoms with E-state index in [0.29, 0.717) is 11.4 Å². The number of benzene rings is 1. The number of carbonyl (C=O) groups excluding carboxylic acids is 1. The predicted octanol–water partition coefficient (Wildman–Crippen LogP) is -4.31. The maximum absolute atomic E-state index is 12.6. The SMILES string of the molecule is O=C(O)CNCCN(CC(=O)O)CC(Cc1ccc(NC(=O)CCOCCOCCOCc2cn(C[C@@H]3O[C@@H](O)[C@@H](O)[C@@H](O)[C@@H]3O)nn2)cc1)N(CCNCC(=O)O)CC(=O)O. The zero-order valence-corrected chi connectivity index (χ0v) is 34.1. The minimum atomic E-state index is -1.65. The molecule has 1 aromatic heterocycles. The highest BCUT2D eigenvalue weighted by Gasteiger charge is 2.43. The molecule has 0 aliphatic carbocycles. The van der Waals surface area contributed by atoms with Gasteiger partial charge in [0.25, 0.3) is 0 Å². The van der Waals surface area contributed by atoms with Crippen LogP contribution in [0.2, 0.25) is 0 Å². The Balaban J connectivity index is 1.39. The summed E-state index contributed by atoms with van der Waals surface area (Å²) in [6, 6.07) is 6.28. The topological polar surface area (TPSA) is 357 Å². The second-order valence-electron chi connectivity index (χ2n) is 14.2. The maximum atomic E-state index is 12.6. The smallest absolute Gasteiger partial charge is 0.317 e. The molecule has 1 fully saturated rings. The summed E-state index contributed by atoms with van der Waals surface area (Å²) in [4.78, 5) is 61.2. The molecule has 2 heterocycles. The molecule has 25 nitrogen and oxygen atoms in total. The van der Waals surface area contributed by atoms with Crippen molar-refractivity contribution in [1.29, 1.82) is 0 Å². The van der Waals surface area contributed by atoms with Crippen molar-refractivity contribution in [3.8, 4) is 0 Å². The molecule has 25 heteroatoms. The van der Waals surface area contributed by atoms with E-state index in [1.165, 1.54) is 4.68 Å². The minimum absolute atomic E-state index is 0.0360. The second kappa shape index (κ2) is 28.0. The van der Waals surface area contributed by atoms with Gasteiger partial charge in [0.1, 0.15) is 30.1 Å². The van der Waals surface area contributed by atoms with Crippen LogP contribution in [0.3, 0.4) is 0 Å². The molecule has 0 saturated carbocycles. The first-order valence-electron chi connectivity index (χ1n) is 19.7. The van der Waals surface area contributed by atoms with Gasteiger partial charge in [-0.1, -0.05) is 17.3 Å². The van der Waals surface area contributed by atoms with Gasteiger partial charge in [0.2, 0.25) is 5.91 Å². The van der Waals surface area contributed by atoms with Crippen LogP contribution in [0.1, 0.15) is 17.7 Å². The summed E-state index contributed by atoms with van der Waals surface area (Å²) in [6.45, 7) is 0.383. The van der Waals surface area contributed by atoms with E-state index >= 15 is 0 Å². The van der Waals surface area contributed by atoms with Crippen LogP contribution >= 0.6 is 0 Å². The molecule has 0 spiro atoms. The number of nitrogens with zero attached hydrogens (tertiary/aromatic N) is 5. The van der Waals surface area contributed by atoms with Crippen LogP contribution in [0.25, 0.3) is 0 Å². The number of anilines is 1. The summed E-state index contributed by atoms with van der Waals surface area (Å²) in [6.07, 6.45) is -5.46.